The fourth-order valence-electron chi connectivity index (χ4n) is 2.55. The monoisotopic (exact) mass is 401 g/mol. The molecule has 2 heterocycles. The molecular formula is C18H15N3O6S. The zero-order valence-corrected chi connectivity index (χ0v) is 15.5. The lowest BCUT2D eigenvalue weighted by Gasteiger charge is -2.05. The quantitative estimate of drug-likeness (QED) is 0.489. The van der Waals surface area contributed by atoms with Crippen LogP contribution in [0.15, 0.2) is 52.0 Å². The van der Waals surface area contributed by atoms with E-state index in [9.17, 15) is 9.90 Å². The standard InChI is InChI=1S/C18H15N3O6S/c1-24-13-5-3-12(4-6-13)21-17(18(23)27-20-21)28-9-16(22)19-11-2-7-14-15(8-11)26-10-25-14/h2-8H,9-10H2,1H3,(H-,19,20,22,23). The Morgan fingerprint density at radius 1 is 1.25 bits per heavy atom. The molecule has 4 rings (SSSR count). The molecule has 144 valence electrons. The number of ether oxygens (including phenoxy) is 3. The first-order valence-electron chi connectivity index (χ1n) is 8.20. The molecule has 1 aromatic heterocycles. The van der Waals surface area contributed by atoms with Gasteiger partial charge in [0.05, 0.1) is 18.1 Å². The number of methoxy groups -OCH3 is 1. The Labute approximate surface area is 163 Å². The largest absolute Gasteiger partial charge is 0.538 e. The van der Waals surface area contributed by atoms with Crippen molar-refractivity contribution in [1.82, 2.24) is 5.27 Å². The number of nitrogens with zero attached hydrogens (tertiary/aromatic N) is 2. The Bertz CT molecular complexity index is 1010. The molecule has 0 saturated carbocycles. The number of amides is 1. The van der Waals surface area contributed by atoms with E-state index in [2.05, 4.69) is 10.6 Å². The van der Waals surface area contributed by atoms with Gasteiger partial charge in [0.15, 0.2) is 17.4 Å². The zero-order valence-electron chi connectivity index (χ0n) is 14.7. The molecule has 0 saturated heterocycles. The third-order valence-electron chi connectivity index (χ3n) is 3.89. The molecule has 1 aliphatic rings. The number of benzene rings is 2. The number of rotatable bonds is 6. The fraction of sp³-hybridized carbons (Fsp3) is 0.167. The number of fused-ring (bicyclic) bond motifs is 1. The van der Waals surface area contributed by atoms with Crippen LogP contribution in [0.5, 0.6) is 23.2 Å². The van der Waals surface area contributed by atoms with E-state index in [1.165, 1.54) is 4.68 Å². The fourth-order valence-corrected chi connectivity index (χ4v) is 3.31. The van der Waals surface area contributed by atoms with Gasteiger partial charge in [-0.05, 0) is 40.7 Å². The number of hydrogen-bond acceptors (Lipinski definition) is 8. The minimum atomic E-state index is -0.614. The third kappa shape index (κ3) is 3.67. The lowest BCUT2D eigenvalue weighted by Crippen LogP contribution is -2.35. The number of aromatic nitrogens is 2. The van der Waals surface area contributed by atoms with Crippen LogP contribution in [0.4, 0.5) is 5.69 Å². The van der Waals surface area contributed by atoms with Crippen molar-refractivity contribution in [2.24, 2.45) is 0 Å². The molecule has 1 aliphatic heterocycles. The van der Waals surface area contributed by atoms with Gasteiger partial charge in [0.2, 0.25) is 18.4 Å². The minimum Gasteiger partial charge on any atom is -0.538 e. The smallest absolute Gasteiger partial charge is 0.298 e. The van der Waals surface area contributed by atoms with Crippen molar-refractivity contribution >= 4 is 23.4 Å². The second kappa shape index (κ2) is 7.69. The van der Waals surface area contributed by atoms with Crippen LogP contribution in [-0.4, -0.2) is 30.8 Å². The predicted molar refractivity (Wildman–Crippen MR) is 96.0 cm³/mol. The molecular weight excluding hydrogens is 386 g/mol. The highest BCUT2D eigenvalue weighted by Crippen LogP contribution is 2.34. The van der Waals surface area contributed by atoms with Gasteiger partial charge in [-0.2, -0.15) is 0 Å². The molecule has 0 atom stereocenters. The van der Waals surface area contributed by atoms with E-state index in [0.29, 0.717) is 28.6 Å². The van der Waals surface area contributed by atoms with Gasteiger partial charge in [0.25, 0.3) is 5.03 Å². The number of carbonyl (C=O) groups excluding carboxylic acids is 1. The van der Waals surface area contributed by atoms with Crippen LogP contribution in [0.2, 0.25) is 0 Å². The first-order chi connectivity index (χ1) is 13.6. The number of carbonyl (C=O) groups is 1. The van der Waals surface area contributed by atoms with Crippen molar-refractivity contribution < 1.29 is 33.3 Å². The maximum absolute atomic E-state index is 12.3. The molecule has 0 fully saturated rings. The average Bonchev–Trinajstić information content (AvgIpc) is 3.32. The Morgan fingerprint density at radius 2 is 2.04 bits per heavy atom. The summed E-state index contributed by atoms with van der Waals surface area (Å²) in [4.78, 5) is 12.3. The van der Waals surface area contributed by atoms with Crippen molar-refractivity contribution in [3.63, 3.8) is 0 Å². The summed E-state index contributed by atoms with van der Waals surface area (Å²) in [6.45, 7) is 0.160. The van der Waals surface area contributed by atoms with E-state index in [4.69, 9.17) is 18.7 Å². The summed E-state index contributed by atoms with van der Waals surface area (Å²) >= 11 is 1.03. The summed E-state index contributed by atoms with van der Waals surface area (Å²) in [7, 11) is 1.56. The van der Waals surface area contributed by atoms with Crippen molar-refractivity contribution in [3.8, 4) is 28.9 Å². The molecule has 10 heteroatoms. The SMILES string of the molecule is COc1ccc(-[n+]2noc([O-])c2SCC(=O)Nc2ccc3c(c2)OCO3)cc1. The van der Waals surface area contributed by atoms with Gasteiger partial charge in [-0.1, -0.05) is 0 Å². The summed E-state index contributed by atoms with van der Waals surface area (Å²) in [6.07, 6.45) is 0. The topological polar surface area (TPSA) is 110 Å². The van der Waals surface area contributed by atoms with Gasteiger partial charge in [-0.15, -0.1) is 0 Å². The second-order valence-corrected chi connectivity index (χ2v) is 6.64. The summed E-state index contributed by atoms with van der Waals surface area (Å²) in [5, 5.41) is 18.7. The van der Waals surface area contributed by atoms with E-state index in [1.54, 1.807) is 49.6 Å². The van der Waals surface area contributed by atoms with Crippen molar-refractivity contribution in [3.05, 3.63) is 42.5 Å². The van der Waals surface area contributed by atoms with Gasteiger partial charge in [-0.25, -0.2) is 0 Å². The Hall–Kier alpha value is -3.40. The lowest BCUT2D eigenvalue weighted by molar-refractivity contribution is -0.705. The highest BCUT2D eigenvalue weighted by Gasteiger charge is 2.22. The Kier molecular flexibility index (Phi) is 4.94. The van der Waals surface area contributed by atoms with Crippen LogP contribution >= 0.6 is 11.8 Å². The first kappa shape index (κ1) is 18.0. The van der Waals surface area contributed by atoms with Crippen LogP contribution in [0, 0.1) is 0 Å². The summed E-state index contributed by atoms with van der Waals surface area (Å²) in [5.74, 6) is 0.980. The van der Waals surface area contributed by atoms with Crippen LogP contribution in [0.3, 0.4) is 0 Å². The molecule has 0 spiro atoms. The highest BCUT2D eigenvalue weighted by molar-refractivity contribution is 7.99. The number of thioether (sulfide) groups is 1. The van der Waals surface area contributed by atoms with Crippen LogP contribution in [-0.2, 0) is 4.79 Å². The van der Waals surface area contributed by atoms with Crippen molar-refractivity contribution in [2.75, 3.05) is 25.0 Å². The maximum Gasteiger partial charge on any atom is 0.298 e. The molecule has 2 aromatic carbocycles. The number of nitrogens with one attached hydrogen (secondary N) is 1. The van der Waals surface area contributed by atoms with Crippen molar-refractivity contribution in [1.29, 1.82) is 0 Å². The van der Waals surface area contributed by atoms with Crippen molar-refractivity contribution in [2.45, 2.75) is 5.03 Å². The Balaban J connectivity index is 1.43. The van der Waals surface area contributed by atoms with Crippen LogP contribution < -0.4 is 29.3 Å². The molecule has 0 aliphatic carbocycles. The van der Waals surface area contributed by atoms with Gasteiger partial charge in [0, 0.05) is 23.9 Å². The molecule has 0 unspecified atom stereocenters. The normalized spacial score (nSPS) is 12.0. The number of anilines is 1. The number of hydrogen-bond donors (Lipinski definition) is 1. The molecule has 28 heavy (non-hydrogen) atoms. The zero-order chi connectivity index (χ0) is 19.5. The summed E-state index contributed by atoms with van der Waals surface area (Å²) in [5.41, 5.74) is 1.19. The molecule has 0 bridgehead atoms. The predicted octanol–water partition coefficient (Wildman–Crippen LogP) is 1.49. The van der Waals surface area contributed by atoms with Crippen LogP contribution in [0.1, 0.15) is 0 Å². The Morgan fingerprint density at radius 3 is 2.82 bits per heavy atom. The molecule has 0 radical (unpaired) electrons. The van der Waals surface area contributed by atoms with Gasteiger partial charge in [0.1, 0.15) is 5.75 Å². The first-order valence-corrected chi connectivity index (χ1v) is 9.18. The molecule has 9 nitrogen and oxygen atoms in total. The molecule has 1 amide bonds. The average molecular weight is 401 g/mol. The van der Waals surface area contributed by atoms with E-state index in [1.807, 2.05) is 0 Å². The second-order valence-electron chi connectivity index (χ2n) is 5.68. The van der Waals surface area contributed by atoms with Gasteiger partial charge in [-0.3, -0.25) is 4.79 Å². The lowest BCUT2D eigenvalue weighted by atomic mass is 10.3. The molecule has 3 aromatic rings. The summed E-state index contributed by atoms with van der Waals surface area (Å²) < 4.78 is 21.7. The third-order valence-corrected chi connectivity index (χ3v) is 4.91. The summed E-state index contributed by atoms with van der Waals surface area (Å²) in [6, 6.07) is 12.1. The van der Waals surface area contributed by atoms with Gasteiger partial charge < -0.3 is 29.2 Å². The maximum atomic E-state index is 12.3. The van der Waals surface area contributed by atoms with E-state index in [0.717, 1.165) is 11.8 Å². The van der Waals surface area contributed by atoms with Crippen LogP contribution in [0.25, 0.3) is 5.69 Å². The van der Waals surface area contributed by atoms with Gasteiger partial charge >= 0.3 is 0 Å². The minimum absolute atomic E-state index is 0.00104. The van der Waals surface area contributed by atoms with E-state index in [-0.39, 0.29) is 23.5 Å². The van der Waals surface area contributed by atoms with E-state index >= 15 is 0 Å². The highest BCUT2D eigenvalue weighted by atomic mass is 32.2. The molecule has 1 N–H and O–H groups in total. The van der Waals surface area contributed by atoms with E-state index < -0.39 is 5.95 Å².